The molecule has 1 N–H and O–H groups in total. The summed E-state index contributed by atoms with van der Waals surface area (Å²) in [6.07, 6.45) is 1.86. The number of nitrogens with one attached hydrogen (secondary N) is 1. The van der Waals surface area contributed by atoms with E-state index in [1.54, 1.807) is 0 Å². The van der Waals surface area contributed by atoms with Crippen LogP contribution in [0, 0.1) is 0 Å². The van der Waals surface area contributed by atoms with Crippen LogP contribution in [0.25, 0.3) is 10.8 Å². The van der Waals surface area contributed by atoms with E-state index in [1.807, 2.05) is 13.2 Å². The summed E-state index contributed by atoms with van der Waals surface area (Å²) in [6.45, 7) is 1.65. The van der Waals surface area contributed by atoms with Crippen LogP contribution in [-0.4, -0.2) is 16.8 Å². The van der Waals surface area contributed by atoms with Gasteiger partial charge in [-0.15, -0.1) is 0 Å². The molecule has 3 heteroatoms. The molecule has 19 heavy (non-hydrogen) atoms. The van der Waals surface area contributed by atoms with Crippen LogP contribution in [0.15, 0.2) is 54.7 Å². The van der Waals surface area contributed by atoms with E-state index in [9.17, 15) is 0 Å². The highest BCUT2D eigenvalue weighted by Gasteiger charge is 2.05. The standard InChI is InChI=1S/C16H17N3/c1-17-11-15-9-10-18-19(15)12-14-7-4-6-13-5-2-3-8-16(13)14/h2-10,17H,11-12H2,1H3. The Balaban J connectivity index is 1.99. The molecule has 2 aromatic carbocycles. The maximum absolute atomic E-state index is 4.41. The fourth-order valence-electron chi connectivity index (χ4n) is 2.43. The zero-order valence-electron chi connectivity index (χ0n) is 11.0. The van der Waals surface area contributed by atoms with Crippen LogP contribution < -0.4 is 5.32 Å². The second-order valence-electron chi connectivity index (χ2n) is 4.65. The summed E-state index contributed by atoms with van der Waals surface area (Å²) in [5.74, 6) is 0. The Morgan fingerprint density at radius 3 is 2.79 bits per heavy atom. The number of rotatable bonds is 4. The van der Waals surface area contributed by atoms with E-state index >= 15 is 0 Å². The summed E-state index contributed by atoms with van der Waals surface area (Å²) in [5, 5.41) is 10.2. The number of hydrogen-bond donors (Lipinski definition) is 1. The minimum absolute atomic E-state index is 0.811. The van der Waals surface area contributed by atoms with E-state index in [0.717, 1.165) is 13.1 Å². The van der Waals surface area contributed by atoms with Gasteiger partial charge in [-0.2, -0.15) is 5.10 Å². The third-order valence-corrected chi connectivity index (χ3v) is 3.36. The van der Waals surface area contributed by atoms with Crippen LogP contribution in [-0.2, 0) is 13.1 Å². The van der Waals surface area contributed by atoms with E-state index < -0.39 is 0 Å². The molecule has 0 bridgehead atoms. The second kappa shape index (κ2) is 5.24. The predicted octanol–water partition coefficient (Wildman–Crippen LogP) is 2.80. The van der Waals surface area contributed by atoms with Gasteiger partial charge in [-0.3, -0.25) is 4.68 Å². The molecule has 3 nitrogen and oxygen atoms in total. The van der Waals surface area contributed by atoms with E-state index in [4.69, 9.17) is 0 Å². The van der Waals surface area contributed by atoms with Crippen LogP contribution >= 0.6 is 0 Å². The first kappa shape index (κ1) is 11.9. The third-order valence-electron chi connectivity index (χ3n) is 3.36. The smallest absolute Gasteiger partial charge is 0.0669 e. The lowest BCUT2D eigenvalue weighted by molar-refractivity contribution is 0.624. The second-order valence-corrected chi connectivity index (χ2v) is 4.65. The molecule has 0 saturated carbocycles. The van der Waals surface area contributed by atoms with Gasteiger partial charge >= 0.3 is 0 Å². The molecule has 0 unspecified atom stereocenters. The minimum atomic E-state index is 0.811. The van der Waals surface area contributed by atoms with Gasteiger partial charge in [0.15, 0.2) is 0 Å². The van der Waals surface area contributed by atoms with Crippen molar-refractivity contribution in [1.29, 1.82) is 0 Å². The van der Waals surface area contributed by atoms with Crippen LogP contribution in [0.2, 0.25) is 0 Å². The van der Waals surface area contributed by atoms with Gasteiger partial charge in [0.05, 0.1) is 12.2 Å². The van der Waals surface area contributed by atoms with Gasteiger partial charge in [0.2, 0.25) is 0 Å². The summed E-state index contributed by atoms with van der Waals surface area (Å²) < 4.78 is 2.05. The molecule has 96 valence electrons. The Morgan fingerprint density at radius 2 is 1.89 bits per heavy atom. The lowest BCUT2D eigenvalue weighted by Gasteiger charge is -2.10. The highest BCUT2D eigenvalue weighted by molar-refractivity contribution is 5.85. The average molecular weight is 251 g/mol. The van der Waals surface area contributed by atoms with Crippen LogP contribution in [0.5, 0.6) is 0 Å². The molecule has 0 fully saturated rings. The predicted molar refractivity (Wildman–Crippen MR) is 78.0 cm³/mol. The molecular formula is C16H17N3. The molecule has 1 aromatic heterocycles. The van der Waals surface area contributed by atoms with Crippen LogP contribution in [0.4, 0.5) is 0 Å². The average Bonchev–Trinajstić information content (AvgIpc) is 2.87. The Labute approximate surface area is 112 Å². The van der Waals surface area contributed by atoms with Gasteiger partial charge in [-0.25, -0.2) is 0 Å². The van der Waals surface area contributed by atoms with Gasteiger partial charge in [0.1, 0.15) is 0 Å². The van der Waals surface area contributed by atoms with Crippen molar-refractivity contribution in [2.45, 2.75) is 13.1 Å². The summed E-state index contributed by atoms with van der Waals surface area (Å²) in [7, 11) is 1.95. The first-order valence-corrected chi connectivity index (χ1v) is 6.50. The zero-order valence-corrected chi connectivity index (χ0v) is 11.0. The summed E-state index contributed by atoms with van der Waals surface area (Å²) in [6, 6.07) is 17.0. The van der Waals surface area contributed by atoms with Crippen molar-refractivity contribution in [2.24, 2.45) is 0 Å². The first-order valence-electron chi connectivity index (χ1n) is 6.50. The Bertz CT molecular complexity index is 680. The molecule has 1 heterocycles. The van der Waals surface area contributed by atoms with Gasteiger partial charge < -0.3 is 5.32 Å². The van der Waals surface area contributed by atoms with Crippen molar-refractivity contribution < 1.29 is 0 Å². The van der Waals surface area contributed by atoms with Crippen molar-refractivity contribution in [3.05, 3.63) is 66.0 Å². The SMILES string of the molecule is CNCc1ccnn1Cc1cccc2ccccc12. The highest BCUT2D eigenvalue weighted by atomic mass is 15.3. The fraction of sp³-hybridized carbons (Fsp3) is 0.188. The van der Waals surface area contributed by atoms with Crippen molar-refractivity contribution >= 4 is 10.8 Å². The Hall–Kier alpha value is -2.13. The van der Waals surface area contributed by atoms with E-state index in [0.29, 0.717) is 0 Å². The maximum atomic E-state index is 4.41. The molecule has 0 amide bonds. The Morgan fingerprint density at radius 1 is 1.05 bits per heavy atom. The number of benzene rings is 2. The molecule has 3 rings (SSSR count). The largest absolute Gasteiger partial charge is 0.314 e. The van der Waals surface area contributed by atoms with Gasteiger partial charge in [0.25, 0.3) is 0 Å². The van der Waals surface area contributed by atoms with E-state index in [2.05, 4.69) is 63.6 Å². The number of hydrogen-bond acceptors (Lipinski definition) is 2. The molecule has 0 radical (unpaired) electrons. The topological polar surface area (TPSA) is 29.9 Å². The molecular weight excluding hydrogens is 234 g/mol. The quantitative estimate of drug-likeness (QED) is 0.772. The highest BCUT2D eigenvalue weighted by Crippen LogP contribution is 2.19. The molecule has 3 aromatic rings. The molecule has 0 aliphatic rings. The minimum Gasteiger partial charge on any atom is -0.314 e. The third kappa shape index (κ3) is 2.37. The van der Waals surface area contributed by atoms with Gasteiger partial charge in [-0.1, -0.05) is 42.5 Å². The van der Waals surface area contributed by atoms with Gasteiger partial charge in [0, 0.05) is 12.7 Å². The summed E-state index contributed by atoms with van der Waals surface area (Å²) in [5.41, 5.74) is 2.51. The lowest BCUT2D eigenvalue weighted by atomic mass is 10.0. The number of fused-ring (bicyclic) bond motifs is 1. The molecule has 0 aliphatic heterocycles. The summed E-state index contributed by atoms with van der Waals surface area (Å²) >= 11 is 0. The fourth-order valence-corrected chi connectivity index (χ4v) is 2.43. The maximum Gasteiger partial charge on any atom is 0.0669 e. The lowest BCUT2D eigenvalue weighted by Crippen LogP contribution is -2.13. The molecule has 0 spiro atoms. The number of aromatic nitrogens is 2. The van der Waals surface area contributed by atoms with Crippen molar-refractivity contribution in [1.82, 2.24) is 15.1 Å². The summed E-state index contributed by atoms with van der Waals surface area (Å²) in [4.78, 5) is 0. The van der Waals surface area contributed by atoms with Crippen LogP contribution in [0.1, 0.15) is 11.3 Å². The van der Waals surface area contributed by atoms with Crippen LogP contribution in [0.3, 0.4) is 0 Å². The van der Waals surface area contributed by atoms with E-state index in [-0.39, 0.29) is 0 Å². The number of nitrogens with zero attached hydrogens (tertiary/aromatic N) is 2. The molecule has 0 atom stereocenters. The van der Waals surface area contributed by atoms with E-state index in [1.165, 1.54) is 22.0 Å². The van der Waals surface area contributed by atoms with Gasteiger partial charge in [-0.05, 0) is 29.4 Å². The normalized spacial score (nSPS) is 11.0. The zero-order chi connectivity index (χ0) is 13.1. The van der Waals surface area contributed by atoms with Crippen molar-refractivity contribution in [3.8, 4) is 0 Å². The monoisotopic (exact) mass is 251 g/mol. The molecule has 0 saturated heterocycles. The Kier molecular flexibility index (Phi) is 3.29. The van der Waals surface area contributed by atoms with Crippen molar-refractivity contribution in [2.75, 3.05) is 7.05 Å². The van der Waals surface area contributed by atoms with Crippen molar-refractivity contribution in [3.63, 3.8) is 0 Å². The first-order chi connectivity index (χ1) is 9.38. The molecule has 0 aliphatic carbocycles.